The number of furan rings is 1. The summed E-state index contributed by atoms with van der Waals surface area (Å²) in [4.78, 5) is 12.4. The molecule has 19 heavy (non-hydrogen) atoms. The van der Waals surface area contributed by atoms with E-state index >= 15 is 0 Å². The lowest BCUT2D eigenvalue weighted by atomic mass is 9.93. The molecule has 1 saturated carbocycles. The molecule has 2 N–H and O–H groups in total. The Bertz CT molecular complexity index is 468. The summed E-state index contributed by atoms with van der Waals surface area (Å²) in [7, 11) is 0. The zero-order chi connectivity index (χ0) is 13.4. The summed E-state index contributed by atoms with van der Waals surface area (Å²) in [6.45, 7) is 4.88. The summed E-state index contributed by atoms with van der Waals surface area (Å²) >= 11 is 0. The van der Waals surface area contributed by atoms with Crippen LogP contribution in [0.15, 0.2) is 16.5 Å². The first-order chi connectivity index (χ1) is 9.15. The molecule has 4 unspecified atom stereocenters. The van der Waals surface area contributed by atoms with Gasteiger partial charge in [-0.1, -0.05) is 6.42 Å². The summed E-state index contributed by atoms with van der Waals surface area (Å²) < 4.78 is 5.56. The zero-order valence-corrected chi connectivity index (χ0v) is 11.6. The van der Waals surface area contributed by atoms with Crippen LogP contribution in [0.3, 0.4) is 0 Å². The molecule has 3 rings (SSSR count). The van der Waals surface area contributed by atoms with Gasteiger partial charge in [0.1, 0.15) is 11.5 Å². The summed E-state index contributed by atoms with van der Waals surface area (Å²) in [5.74, 6) is 3.07. The van der Waals surface area contributed by atoms with Gasteiger partial charge in [0.05, 0.1) is 12.1 Å². The minimum atomic E-state index is -0.0662. The quantitative estimate of drug-likeness (QED) is 0.877. The van der Waals surface area contributed by atoms with Gasteiger partial charge in [0, 0.05) is 0 Å². The Kier molecular flexibility index (Phi) is 3.35. The van der Waals surface area contributed by atoms with Crippen LogP contribution in [0.2, 0.25) is 0 Å². The lowest BCUT2D eigenvalue weighted by Gasteiger charge is -2.20. The fraction of sp³-hybridized carbons (Fsp3) is 0.667. The van der Waals surface area contributed by atoms with Crippen LogP contribution in [0, 0.1) is 18.8 Å². The lowest BCUT2D eigenvalue weighted by molar-refractivity contribution is -0.124. The van der Waals surface area contributed by atoms with Crippen molar-refractivity contribution in [1.82, 2.24) is 10.6 Å². The van der Waals surface area contributed by atoms with E-state index < -0.39 is 0 Å². The first-order valence-corrected chi connectivity index (χ1v) is 7.25. The topological polar surface area (TPSA) is 54.3 Å². The Morgan fingerprint density at radius 1 is 1.47 bits per heavy atom. The molecule has 2 aliphatic rings. The molecule has 4 heteroatoms. The number of carbonyl (C=O) groups excluding carboxylic acids is 1. The third kappa shape index (κ3) is 2.41. The first kappa shape index (κ1) is 12.7. The molecule has 1 aliphatic heterocycles. The monoisotopic (exact) mass is 262 g/mol. The molecule has 1 aromatic heterocycles. The summed E-state index contributed by atoms with van der Waals surface area (Å²) in [5.41, 5.74) is 0. The molecule has 0 spiro atoms. The number of aryl methyl sites for hydroxylation is 1. The number of carbonyl (C=O) groups is 1. The smallest absolute Gasteiger partial charge is 0.238 e. The molecule has 1 aliphatic carbocycles. The maximum absolute atomic E-state index is 12.4. The van der Waals surface area contributed by atoms with Crippen molar-refractivity contribution in [2.24, 2.45) is 11.8 Å². The van der Waals surface area contributed by atoms with E-state index in [1.54, 1.807) is 0 Å². The number of fused-ring (bicyclic) bond motifs is 1. The third-order valence-corrected chi connectivity index (χ3v) is 4.58. The van der Waals surface area contributed by atoms with Gasteiger partial charge >= 0.3 is 0 Å². The van der Waals surface area contributed by atoms with Crippen molar-refractivity contribution in [3.8, 4) is 0 Å². The number of hydrogen-bond acceptors (Lipinski definition) is 3. The number of rotatable bonds is 3. The predicted octanol–water partition coefficient (Wildman–Crippen LogP) is 2.15. The Labute approximate surface area is 113 Å². The van der Waals surface area contributed by atoms with Crippen molar-refractivity contribution in [2.75, 3.05) is 6.54 Å². The van der Waals surface area contributed by atoms with Crippen LogP contribution < -0.4 is 10.6 Å². The molecule has 1 aromatic rings. The van der Waals surface area contributed by atoms with Crippen LogP contribution in [-0.4, -0.2) is 18.5 Å². The fourth-order valence-corrected chi connectivity index (χ4v) is 3.54. The fourth-order valence-electron chi connectivity index (χ4n) is 3.54. The van der Waals surface area contributed by atoms with E-state index in [2.05, 4.69) is 10.6 Å². The minimum absolute atomic E-state index is 0.00832. The van der Waals surface area contributed by atoms with Gasteiger partial charge in [0.15, 0.2) is 0 Å². The SMILES string of the molecule is Cc1ccc(C(C)NC(=O)C2NCC3CCCC32)o1. The van der Waals surface area contributed by atoms with E-state index in [1.165, 1.54) is 19.3 Å². The number of amides is 1. The van der Waals surface area contributed by atoms with E-state index in [9.17, 15) is 4.79 Å². The maximum Gasteiger partial charge on any atom is 0.238 e. The van der Waals surface area contributed by atoms with E-state index in [-0.39, 0.29) is 18.0 Å². The number of nitrogens with one attached hydrogen (secondary N) is 2. The van der Waals surface area contributed by atoms with E-state index in [0.29, 0.717) is 11.8 Å². The van der Waals surface area contributed by atoms with Gasteiger partial charge in [0.25, 0.3) is 0 Å². The van der Waals surface area contributed by atoms with Gasteiger partial charge in [-0.15, -0.1) is 0 Å². The van der Waals surface area contributed by atoms with Gasteiger partial charge in [-0.05, 0) is 57.2 Å². The second-order valence-electron chi connectivity index (χ2n) is 5.92. The van der Waals surface area contributed by atoms with Crippen molar-refractivity contribution < 1.29 is 9.21 Å². The van der Waals surface area contributed by atoms with E-state index in [0.717, 1.165) is 18.1 Å². The Morgan fingerprint density at radius 3 is 3.05 bits per heavy atom. The average Bonchev–Trinajstić information content (AvgIpc) is 3.02. The Hall–Kier alpha value is -1.29. The van der Waals surface area contributed by atoms with Gasteiger partial charge < -0.3 is 15.1 Å². The normalized spacial score (nSPS) is 31.2. The van der Waals surface area contributed by atoms with Gasteiger partial charge in [-0.2, -0.15) is 0 Å². The second kappa shape index (κ2) is 5.00. The molecule has 1 saturated heterocycles. The molecule has 2 heterocycles. The highest BCUT2D eigenvalue weighted by Crippen LogP contribution is 2.37. The van der Waals surface area contributed by atoms with Crippen molar-refractivity contribution in [3.63, 3.8) is 0 Å². The van der Waals surface area contributed by atoms with Crippen molar-refractivity contribution in [3.05, 3.63) is 23.7 Å². The van der Waals surface area contributed by atoms with E-state index in [1.807, 2.05) is 26.0 Å². The Balaban J connectivity index is 1.62. The molecular weight excluding hydrogens is 240 g/mol. The summed E-state index contributed by atoms with van der Waals surface area (Å²) in [5, 5.41) is 6.45. The average molecular weight is 262 g/mol. The summed E-state index contributed by atoms with van der Waals surface area (Å²) in [6.07, 6.45) is 3.73. The molecule has 4 nitrogen and oxygen atoms in total. The molecule has 4 atom stereocenters. The van der Waals surface area contributed by atoms with Crippen molar-refractivity contribution >= 4 is 5.91 Å². The molecule has 2 fully saturated rings. The molecule has 1 amide bonds. The predicted molar refractivity (Wildman–Crippen MR) is 72.6 cm³/mol. The highest BCUT2D eigenvalue weighted by Gasteiger charge is 2.42. The van der Waals surface area contributed by atoms with Crippen LogP contribution in [0.4, 0.5) is 0 Å². The molecular formula is C15H22N2O2. The maximum atomic E-state index is 12.4. The molecule has 104 valence electrons. The highest BCUT2D eigenvalue weighted by molar-refractivity contribution is 5.83. The van der Waals surface area contributed by atoms with Crippen molar-refractivity contribution in [1.29, 1.82) is 0 Å². The van der Waals surface area contributed by atoms with Gasteiger partial charge in [0.2, 0.25) is 5.91 Å². The molecule has 0 radical (unpaired) electrons. The Morgan fingerprint density at radius 2 is 2.32 bits per heavy atom. The van der Waals surface area contributed by atoms with Crippen LogP contribution in [0.5, 0.6) is 0 Å². The van der Waals surface area contributed by atoms with Gasteiger partial charge in [-0.25, -0.2) is 0 Å². The second-order valence-corrected chi connectivity index (χ2v) is 5.92. The van der Waals surface area contributed by atoms with Crippen LogP contribution in [-0.2, 0) is 4.79 Å². The highest BCUT2D eigenvalue weighted by atomic mass is 16.3. The minimum Gasteiger partial charge on any atom is -0.464 e. The van der Waals surface area contributed by atoms with Crippen molar-refractivity contribution in [2.45, 2.75) is 45.2 Å². The third-order valence-electron chi connectivity index (χ3n) is 4.58. The first-order valence-electron chi connectivity index (χ1n) is 7.25. The molecule has 0 bridgehead atoms. The largest absolute Gasteiger partial charge is 0.464 e. The van der Waals surface area contributed by atoms with Crippen LogP contribution >= 0.6 is 0 Å². The molecule has 0 aromatic carbocycles. The van der Waals surface area contributed by atoms with Gasteiger partial charge in [-0.3, -0.25) is 4.79 Å². The lowest BCUT2D eigenvalue weighted by Crippen LogP contribution is -2.44. The standard InChI is InChI=1S/C15H22N2O2/c1-9-6-7-13(19-9)10(2)17-15(18)14-12-5-3-4-11(12)8-16-14/h6-7,10-12,14,16H,3-5,8H2,1-2H3,(H,17,18). The van der Waals surface area contributed by atoms with E-state index in [4.69, 9.17) is 4.42 Å². The number of hydrogen-bond donors (Lipinski definition) is 2. The van der Waals surface area contributed by atoms with Crippen LogP contribution in [0.1, 0.15) is 43.7 Å². The summed E-state index contributed by atoms with van der Waals surface area (Å²) in [6, 6.07) is 3.79. The zero-order valence-electron chi connectivity index (χ0n) is 11.6. The van der Waals surface area contributed by atoms with Crippen LogP contribution in [0.25, 0.3) is 0 Å².